The van der Waals surface area contributed by atoms with E-state index in [-0.39, 0.29) is 5.57 Å². The van der Waals surface area contributed by atoms with Crippen LogP contribution in [0.15, 0.2) is 11.8 Å². The molecule has 0 aromatic rings. The van der Waals surface area contributed by atoms with Crippen LogP contribution < -0.4 is 5.73 Å². The first-order valence-corrected chi connectivity index (χ1v) is 2.35. The number of alkyl halides is 2. The first-order chi connectivity index (χ1) is 4.09. The molecule has 52 valence electrons. The number of hydrogen-bond acceptors (Lipinski definition) is 2. The molecule has 0 unspecified atom stereocenters. The summed E-state index contributed by atoms with van der Waals surface area (Å²) in [4.78, 5) is 0. The second-order valence-corrected chi connectivity index (χ2v) is 1.56. The molecule has 0 atom stereocenters. The van der Waals surface area contributed by atoms with Gasteiger partial charge in [-0.05, 0) is 18.7 Å². The highest BCUT2D eigenvalue weighted by Crippen LogP contribution is 2.02. The van der Waals surface area contributed by atoms with Crippen molar-refractivity contribution in [1.82, 2.24) is 0 Å². The summed E-state index contributed by atoms with van der Waals surface area (Å²) >= 11 is 0. The summed E-state index contributed by atoms with van der Waals surface area (Å²) in [5.41, 5.74) is 4.28. The van der Waals surface area contributed by atoms with Crippen LogP contribution in [0.5, 0.6) is 0 Å². The van der Waals surface area contributed by atoms with Gasteiger partial charge in [-0.3, -0.25) is 5.41 Å². The highest BCUT2D eigenvalue weighted by atomic mass is 19.3. The molecular formula is C5H8F2N2. The number of halogens is 2. The van der Waals surface area contributed by atoms with Crippen molar-refractivity contribution in [2.24, 2.45) is 5.73 Å². The summed E-state index contributed by atoms with van der Waals surface area (Å²) < 4.78 is 23.1. The molecule has 0 fully saturated rings. The smallest absolute Gasteiger partial charge is 0.279 e. The molecule has 0 aliphatic heterocycles. The number of nitrogens with one attached hydrogen (secondary N) is 1. The molecule has 2 nitrogen and oxygen atoms in total. The Balaban J connectivity index is 4.06. The van der Waals surface area contributed by atoms with Gasteiger partial charge in [0, 0.05) is 0 Å². The fraction of sp³-hybridized carbons (Fsp3) is 0.400. The van der Waals surface area contributed by atoms with Crippen LogP contribution in [0.4, 0.5) is 8.78 Å². The second-order valence-electron chi connectivity index (χ2n) is 1.56. The quantitative estimate of drug-likeness (QED) is 0.546. The molecule has 4 heteroatoms. The average molecular weight is 134 g/mol. The normalized spacial score (nSPS) is 12.2. The Labute approximate surface area is 51.9 Å². The fourth-order valence-corrected chi connectivity index (χ4v) is 0.262. The lowest BCUT2D eigenvalue weighted by Crippen LogP contribution is -2.10. The van der Waals surface area contributed by atoms with Gasteiger partial charge >= 0.3 is 0 Å². The molecule has 0 heterocycles. The van der Waals surface area contributed by atoms with E-state index in [0.717, 1.165) is 6.20 Å². The Bertz CT molecular complexity index is 140. The van der Waals surface area contributed by atoms with E-state index < -0.39 is 12.1 Å². The number of allylic oxidation sites excluding steroid dienone is 1. The fourth-order valence-electron chi connectivity index (χ4n) is 0.262. The van der Waals surface area contributed by atoms with Gasteiger partial charge in [0.05, 0.1) is 0 Å². The van der Waals surface area contributed by atoms with E-state index in [9.17, 15) is 8.78 Å². The summed E-state index contributed by atoms with van der Waals surface area (Å²) in [5.74, 6) is 0. The Morgan fingerprint density at radius 3 is 2.22 bits per heavy atom. The topological polar surface area (TPSA) is 49.9 Å². The summed E-state index contributed by atoms with van der Waals surface area (Å²) in [5, 5.41) is 6.65. The minimum atomic E-state index is -2.72. The average Bonchev–Trinajstić information content (AvgIpc) is 1.84. The first kappa shape index (κ1) is 8.07. The van der Waals surface area contributed by atoms with E-state index in [2.05, 4.69) is 0 Å². The van der Waals surface area contributed by atoms with Gasteiger partial charge in [-0.25, -0.2) is 8.78 Å². The molecule has 0 aromatic heterocycles. The van der Waals surface area contributed by atoms with Gasteiger partial charge in [-0.2, -0.15) is 0 Å². The number of nitrogens with two attached hydrogens (primary N) is 1. The Morgan fingerprint density at radius 1 is 1.67 bits per heavy atom. The van der Waals surface area contributed by atoms with Gasteiger partial charge in [0.15, 0.2) is 0 Å². The molecule has 0 saturated heterocycles. The van der Waals surface area contributed by atoms with E-state index >= 15 is 0 Å². The summed E-state index contributed by atoms with van der Waals surface area (Å²) in [7, 11) is 0. The maximum absolute atomic E-state index is 11.5. The van der Waals surface area contributed by atoms with Crippen LogP contribution in [0.3, 0.4) is 0 Å². The van der Waals surface area contributed by atoms with E-state index in [0.29, 0.717) is 0 Å². The van der Waals surface area contributed by atoms with Crippen molar-refractivity contribution in [2.45, 2.75) is 13.3 Å². The van der Waals surface area contributed by atoms with Crippen molar-refractivity contribution in [1.29, 1.82) is 5.41 Å². The van der Waals surface area contributed by atoms with Crippen LogP contribution in [0.1, 0.15) is 6.92 Å². The van der Waals surface area contributed by atoms with Crippen LogP contribution in [0.25, 0.3) is 0 Å². The van der Waals surface area contributed by atoms with Crippen molar-refractivity contribution in [3.63, 3.8) is 0 Å². The van der Waals surface area contributed by atoms with Crippen LogP contribution in [0, 0.1) is 5.41 Å². The third-order valence-corrected chi connectivity index (χ3v) is 0.893. The zero-order valence-corrected chi connectivity index (χ0v) is 4.99. The summed E-state index contributed by atoms with van der Waals surface area (Å²) in [6.07, 6.45) is -1.72. The zero-order chi connectivity index (χ0) is 7.44. The van der Waals surface area contributed by atoms with Gasteiger partial charge in [0.1, 0.15) is 5.71 Å². The van der Waals surface area contributed by atoms with Gasteiger partial charge in [-0.1, -0.05) is 0 Å². The van der Waals surface area contributed by atoms with Crippen molar-refractivity contribution in [3.05, 3.63) is 11.8 Å². The summed E-state index contributed by atoms with van der Waals surface area (Å²) in [6, 6.07) is 0. The largest absolute Gasteiger partial charge is 0.404 e. The maximum Gasteiger partial charge on any atom is 0.279 e. The molecule has 0 amide bonds. The van der Waals surface area contributed by atoms with Gasteiger partial charge < -0.3 is 5.73 Å². The van der Waals surface area contributed by atoms with Gasteiger partial charge in [-0.15, -0.1) is 0 Å². The van der Waals surface area contributed by atoms with Gasteiger partial charge in [0.2, 0.25) is 0 Å². The Morgan fingerprint density at radius 2 is 2.11 bits per heavy atom. The van der Waals surface area contributed by atoms with Crippen molar-refractivity contribution in [2.75, 3.05) is 0 Å². The van der Waals surface area contributed by atoms with Crippen molar-refractivity contribution in [3.8, 4) is 0 Å². The van der Waals surface area contributed by atoms with E-state index in [1.165, 1.54) is 6.92 Å². The zero-order valence-electron chi connectivity index (χ0n) is 4.99. The molecular weight excluding hydrogens is 126 g/mol. The first-order valence-electron chi connectivity index (χ1n) is 2.35. The van der Waals surface area contributed by atoms with Crippen molar-refractivity contribution < 1.29 is 8.78 Å². The third kappa shape index (κ3) is 2.21. The number of hydrogen-bond donors (Lipinski definition) is 2. The number of rotatable bonds is 2. The van der Waals surface area contributed by atoms with E-state index in [1.54, 1.807) is 0 Å². The molecule has 0 spiro atoms. The highest BCUT2D eigenvalue weighted by molar-refractivity contribution is 5.99. The van der Waals surface area contributed by atoms with Crippen LogP contribution in [-0.4, -0.2) is 12.1 Å². The van der Waals surface area contributed by atoms with E-state index in [4.69, 9.17) is 11.1 Å². The Hall–Kier alpha value is -0.930. The third-order valence-electron chi connectivity index (χ3n) is 0.893. The highest BCUT2D eigenvalue weighted by Gasteiger charge is 2.10. The van der Waals surface area contributed by atoms with Gasteiger partial charge in [0.25, 0.3) is 6.43 Å². The minimum absolute atomic E-state index is 0.116. The standard InChI is InChI=1S/C5H8F2N2/c1-3(2-8)4(9)5(6)7/h2,5,9H,8H2,1H3/b3-2-,9-4?. The maximum atomic E-state index is 11.5. The predicted octanol–water partition coefficient (Wildman–Crippen LogP) is 1.13. The molecule has 9 heavy (non-hydrogen) atoms. The van der Waals surface area contributed by atoms with Crippen LogP contribution in [-0.2, 0) is 0 Å². The summed E-state index contributed by atoms with van der Waals surface area (Å²) in [6.45, 7) is 1.37. The molecule has 0 aliphatic carbocycles. The Kier molecular flexibility index (Phi) is 2.84. The molecule has 0 saturated carbocycles. The minimum Gasteiger partial charge on any atom is -0.404 e. The molecule has 0 bridgehead atoms. The molecule has 0 aliphatic rings. The molecule has 0 rings (SSSR count). The lowest BCUT2D eigenvalue weighted by Gasteiger charge is -1.98. The molecule has 3 N–H and O–H groups in total. The second kappa shape index (κ2) is 3.17. The SMILES string of the molecule is C/C(=C/N)C(=N)C(F)F. The lowest BCUT2D eigenvalue weighted by molar-refractivity contribution is 0.225. The molecule has 0 aromatic carbocycles. The van der Waals surface area contributed by atoms with Crippen molar-refractivity contribution >= 4 is 5.71 Å². The predicted molar refractivity (Wildman–Crippen MR) is 31.7 cm³/mol. The lowest BCUT2D eigenvalue weighted by atomic mass is 10.2. The molecule has 0 radical (unpaired) electrons. The van der Waals surface area contributed by atoms with Crippen LogP contribution in [0.2, 0.25) is 0 Å². The van der Waals surface area contributed by atoms with E-state index in [1.807, 2.05) is 0 Å². The van der Waals surface area contributed by atoms with Crippen LogP contribution >= 0.6 is 0 Å². The monoisotopic (exact) mass is 134 g/mol.